The largest absolute Gasteiger partial charge is 0.449 e. The molecule has 4 rings (SSSR count). The summed E-state index contributed by atoms with van der Waals surface area (Å²) in [6.45, 7) is 1.47. The van der Waals surface area contributed by atoms with Crippen LogP contribution in [0.25, 0.3) is 16.7 Å². The van der Waals surface area contributed by atoms with Crippen LogP contribution in [0.3, 0.4) is 0 Å². The van der Waals surface area contributed by atoms with E-state index < -0.39 is 23.8 Å². The second-order valence-corrected chi connectivity index (χ2v) is 6.69. The fourth-order valence-corrected chi connectivity index (χ4v) is 2.98. The van der Waals surface area contributed by atoms with Crippen molar-refractivity contribution in [3.8, 4) is 5.69 Å². The molecule has 0 fully saturated rings. The van der Waals surface area contributed by atoms with Crippen molar-refractivity contribution in [2.75, 3.05) is 5.32 Å². The van der Waals surface area contributed by atoms with Gasteiger partial charge in [-0.15, -0.1) is 0 Å². The summed E-state index contributed by atoms with van der Waals surface area (Å²) < 4.78 is 20.1. The Morgan fingerprint density at radius 2 is 1.70 bits per heavy atom. The number of esters is 1. The van der Waals surface area contributed by atoms with Gasteiger partial charge in [-0.05, 0) is 67.6 Å². The molecule has 1 aromatic heterocycles. The molecular formula is C23H18FN3O3. The van der Waals surface area contributed by atoms with E-state index in [1.807, 2.05) is 28.8 Å². The molecule has 30 heavy (non-hydrogen) atoms. The Balaban J connectivity index is 1.42. The van der Waals surface area contributed by atoms with E-state index >= 15 is 0 Å². The quantitative estimate of drug-likeness (QED) is 0.503. The highest BCUT2D eigenvalue weighted by Crippen LogP contribution is 2.19. The first kappa shape index (κ1) is 19.3. The first-order chi connectivity index (χ1) is 14.5. The molecule has 1 N–H and O–H groups in total. The number of amides is 1. The molecule has 1 heterocycles. The van der Waals surface area contributed by atoms with Crippen molar-refractivity contribution in [2.24, 2.45) is 0 Å². The van der Waals surface area contributed by atoms with Crippen LogP contribution < -0.4 is 5.32 Å². The van der Waals surface area contributed by atoms with Gasteiger partial charge in [0.2, 0.25) is 0 Å². The zero-order valence-electron chi connectivity index (χ0n) is 16.1. The van der Waals surface area contributed by atoms with Gasteiger partial charge in [-0.25, -0.2) is 14.2 Å². The maximum atomic E-state index is 13.0. The summed E-state index contributed by atoms with van der Waals surface area (Å²) in [6, 6.07) is 19.9. The number of nitrogens with zero attached hydrogens (tertiary/aromatic N) is 2. The minimum Gasteiger partial charge on any atom is -0.449 e. The standard InChI is InChI=1S/C23H18FN3O3/c1-15(22(28)26-18-10-8-17(24)9-11-18)30-23(29)16-6-12-19(13-7-16)27-14-25-20-4-2-3-5-21(20)27/h2-15H,1H3,(H,26,28)/t15-/m0/s1. The van der Waals surface area contributed by atoms with Gasteiger partial charge >= 0.3 is 5.97 Å². The molecule has 0 aliphatic heterocycles. The molecule has 1 atom stereocenters. The number of benzene rings is 3. The van der Waals surface area contributed by atoms with Gasteiger partial charge in [-0.3, -0.25) is 9.36 Å². The van der Waals surface area contributed by atoms with Crippen LogP contribution in [0.15, 0.2) is 79.1 Å². The van der Waals surface area contributed by atoms with Crippen molar-refractivity contribution >= 4 is 28.6 Å². The number of fused-ring (bicyclic) bond motifs is 1. The smallest absolute Gasteiger partial charge is 0.338 e. The van der Waals surface area contributed by atoms with E-state index in [1.165, 1.54) is 31.2 Å². The van der Waals surface area contributed by atoms with Crippen LogP contribution in [0.2, 0.25) is 0 Å². The Labute approximate surface area is 171 Å². The lowest BCUT2D eigenvalue weighted by Crippen LogP contribution is -2.30. The first-order valence-electron chi connectivity index (χ1n) is 9.31. The number of carbonyl (C=O) groups excluding carboxylic acids is 2. The Morgan fingerprint density at radius 3 is 2.43 bits per heavy atom. The topological polar surface area (TPSA) is 73.2 Å². The molecule has 4 aromatic rings. The second-order valence-electron chi connectivity index (χ2n) is 6.69. The summed E-state index contributed by atoms with van der Waals surface area (Å²) in [5, 5.41) is 2.58. The number of carbonyl (C=O) groups is 2. The molecule has 0 unspecified atom stereocenters. The van der Waals surface area contributed by atoms with Gasteiger partial charge in [0.15, 0.2) is 6.10 Å². The van der Waals surface area contributed by atoms with Crippen molar-refractivity contribution in [3.63, 3.8) is 0 Å². The van der Waals surface area contributed by atoms with E-state index in [-0.39, 0.29) is 0 Å². The van der Waals surface area contributed by atoms with Crippen LogP contribution in [-0.4, -0.2) is 27.5 Å². The highest BCUT2D eigenvalue weighted by molar-refractivity contribution is 5.97. The third kappa shape index (κ3) is 4.05. The average Bonchev–Trinajstić information content (AvgIpc) is 3.19. The predicted octanol–water partition coefficient (Wildman–Crippen LogP) is 4.35. The Bertz CT molecular complexity index is 1200. The lowest BCUT2D eigenvalue weighted by atomic mass is 10.2. The number of hydrogen-bond acceptors (Lipinski definition) is 4. The Hall–Kier alpha value is -4.00. The van der Waals surface area contributed by atoms with E-state index in [1.54, 1.807) is 30.6 Å². The molecule has 0 saturated heterocycles. The number of para-hydroxylation sites is 2. The van der Waals surface area contributed by atoms with E-state index in [0.29, 0.717) is 11.3 Å². The van der Waals surface area contributed by atoms with E-state index in [2.05, 4.69) is 10.3 Å². The molecule has 0 aliphatic rings. The third-order valence-electron chi connectivity index (χ3n) is 4.60. The maximum absolute atomic E-state index is 13.0. The van der Waals surface area contributed by atoms with Gasteiger partial charge in [-0.2, -0.15) is 0 Å². The average molecular weight is 403 g/mol. The minimum atomic E-state index is -1.01. The van der Waals surface area contributed by atoms with Crippen LogP contribution in [0.4, 0.5) is 10.1 Å². The number of nitrogens with one attached hydrogen (secondary N) is 1. The first-order valence-corrected chi connectivity index (χ1v) is 9.31. The number of hydrogen-bond donors (Lipinski definition) is 1. The Morgan fingerprint density at radius 1 is 1.00 bits per heavy atom. The SMILES string of the molecule is C[C@H](OC(=O)c1ccc(-n2cnc3ccccc32)cc1)C(=O)Nc1ccc(F)cc1. The second kappa shape index (κ2) is 8.16. The molecule has 0 bridgehead atoms. The molecule has 7 heteroatoms. The number of anilines is 1. The summed E-state index contributed by atoms with van der Waals surface area (Å²) in [4.78, 5) is 29.0. The molecule has 1 amide bonds. The zero-order valence-corrected chi connectivity index (χ0v) is 16.1. The van der Waals surface area contributed by atoms with Gasteiger partial charge in [0.25, 0.3) is 5.91 Å². The molecule has 0 aliphatic carbocycles. The fourth-order valence-electron chi connectivity index (χ4n) is 2.98. The molecule has 0 saturated carbocycles. The number of aromatic nitrogens is 2. The van der Waals surface area contributed by atoms with Gasteiger partial charge in [0.05, 0.1) is 16.6 Å². The van der Waals surface area contributed by atoms with Crippen LogP contribution in [0.1, 0.15) is 17.3 Å². The molecule has 0 spiro atoms. The van der Waals surface area contributed by atoms with E-state index in [0.717, 1.165) is 16.7 Å². The number of imidazole rings is 1. The lowest BCUT2D eigenvalue weighted by Gasteiger charge is -2.14. The van der Waals surface area contributed by atoms with E-state index in [4.69, 9.17) is 4.74 Å². The minimum absolute atomic E-state index is 0.324. The normalized spacial score (nSPS) is 11.8. The number of ether oxygens (including phenoxy) is 1. The van der Waals surface area contributed by atoms with Crippen molar-refractivity contribution in [1.82, 2.24) is 9.55 Å². The molecule has 150 valence electrons. The van der Waals surface area contributed by atoms with Crippen molar-refractivity contribution in [2.45, 2.75) is 13.0 Å². The molecule has 0 radical (unpaired) electrons. The van der Waals surface area contributed by atoms with E-state index in [9.17, 15) is 14.0 Å². The summed E-state index contributed by atoms with van der Waals surface area (Å²) in [7, 11) is 0. The van der Waals surface area contributed by atoms with Gasteiger partial charge in [-0.1, -0.05) is 12.1 Å². The highest BCUT2D eigenvalue weighted by Gasteiger charge is 2.19. The lowest BCUT2D eigenvalue weighted by molar-refractivity contribution is -0.123. The highest BCUT2D eigenvalue weighted by atomic mass is 19.1. The summed E-state index contributed by atoms with van der Waals surface area (Å²) in [6.07, 6.45) is 0.708. The summed E-state index contributed by atoms with van der Waals surface area (Å²) in [5.41, 5.74) is 3.43. The fraction of sp³-hybridized carbons (Fsp3) is 0.0870. The van der Waals surface area contributed by atoms with Crippen LogP contribution in [0, 0.1) is 5.82 Å². The predicted molar refractivity (Wildman–Crippen MR) is 111 cm³/mol. The van der Waals surface area contributed by atoms with Gasteiger partial charge < -0.3 is 10.1 Å². The van der Waals surface area contributed by atoms with Crippen LogP contribution >= 0.6 is 0 Å². The zero-order chi connectivity index (χ0) is 21.1. The number of rotatable bonds is 5. The van der Waals surface area contributed by atoms with Crippen molar-refractivity contribution in [3.05, 3.63) is 90.5 Å². The third-order valence-corrected chi connectivity index (χ3v) is 4.60. The maximum Gasteiger partial charge on any atom is 0.338 e. The van der Waals surface area contributed by atoms with Gasteiger partial charge in [0, 0.05) is 11.4 Å². The van der Waals surface area contributed by atoms with Crippen molar-refractivity contribution in [1.29, 1.82) is 0 Å². The van der Waals surface area contributed by atoms with Crippen molar-refractivity contribution < 1.29 is 18.7 Å². The molecular weight excluding hydrogens is 385 g/mol. The number of halogens is 1. The summed E-state index contributed by atoms with van der Waals surface area (Å²) >= 11 is 0. The Kier molecular flexibility index (Phi) is 5.26. The molecule has 3 aromatic carbocycles. The molecule has 6 nitrogen and oxygen atoms in total. The monoisotopic (exact) mass is 403 g/mol. The van der Waals surface area contributed by atoms with Crippen LogP contribution in [0.5, 0.6) is 0 Å². The van der Waals surface area contributed by atoms with Gasteiger partial charge in [0.1, 0.15) is 12.1 Å². The van der Waals surface area contributed by atoms with Crippen LogP contribution in [-0.2, 0) is 9.53 Å². The summed E-state index contributed by atoms with van der Waals surface area (Å²) in [5.74, 6) is -1.52.